The van der Waals surface area contributed by atoms with E-state index < -0.39 is 7.12 Å². The highest BCUT2D eigenvalue weighted by molar-refractivity contribution is 7.80. The maximum absolute atomic E-state index is 9.90. The van der Waals surface area contributed by atoms with E-state index in [1.165, 1.54) is 174 Å². The van der Waals surface area contributed by atoms with E-state index in [1.807, 2.05) is 18.2 Å². The van der Waals surface area contributed by atoms with Crippen molar-refractivity contribution in [3.05, 3.63) is 89.5 Å². The molecule has 0 saturated carbocycles. The highest BCUT2D eigenvalue weighted by Crippen LogP contribution is 2.35. The van der Waals surface area contributed by atoms with Crippen LogP contribution in [0.4, 0.5) is 0 Å². The van der Waals surface area contributed by atoms with Crippen molar-refractivity contribution in [3.8, 4) is 0 Å². The van der Waals surface area contributed by atoms with Gasteiger partial charge in [-0.3, -0.25) is 4.90 Å². The molecule has 0 unspecified atom stereocenters. The molecule has 0 fully saturated rings. The Morgan fingerprint density at radius 3 is 1.19 bits per heavy atom. The Labute approximate surface area is 323 Å². The van der Waals surface area contributed by atoms with Crippen LogP contribution in [0.15, 0.2) is 72.8 Å². The molecule has 2 N–H and O–H groups in total. The molecule has 4 aromatic rings. The molecule has 52 heavy (non-hydrogen) atoms. The molecule has 0 aliphatic rings. The highest BCUT2D eigenvalue weighted by atomic mass is 32.1. The summed E-state index contributed by atoms with van der Waals surface area (Å²) in [5.41, 5.74) is 4.37. The van der Waals surface area contributed by atoms with Crippen LogP contribution in [-0.4, -0.2) is 34.9 Å². The Balaban J connectivity index is 1.10. The van der Waals surface area contributed by atoms with Crippen LogP contribution in [0.5, 0.6) is 0 Å². The van der Waals surface area contributed by atoms with Crippen molar-refractivity contribution in [3.63, 3.8) is 0 Å². The molecule has 3 nitrogen and oxygen atoms in total. The SMILES string of the molecule is CN(Cc1ccccc1B(O)O)Cc1c2ccccc2c(CCCCCCCCCCCCCCCCCCCCCCCCS)c2ccccc12. The molecule has 0 heterocycles. The van der Waals surface area contributed by atoms with Crippen LogP contribution in [0.1, 0.15) is 158 Å². The topological polar surface area (TPSA) is 43.7 Å². The first kappa shape index (κ1) is 42.4. The minimum absolute atomic E-state index is 0.577. The van der Waals surface area contributed by atoms with Gasteiger partial charge in [0.2, 0.25) is 0 Å². The van der Waals surface area contributed by atoms with Gasteiger partial charge < -0.3 is 10.0 Å². The predicted octanol–water partition coefficient (Wildman–Crippen LogP) is 12.4. The average molecular weight is 724 g/mol. The second-order valence-corrected chi connectivity index (χ2v) is 16.0. The molecule has 0 bridgehead atoms. The van der Waals surface area contributed by atoms with E-state index in [4.69, 9.17) is 0 Å². The van der Waals surface area contributed by atoms with E-state index in [1.54, 1.807) is 6.07 Å². The fourth-order valence-electron chi connectivity index (χ4n) is 8.24. The molecule has 284 valence electrons. The number of hydrogen-bond acceptors (Lipinski definition) is 4. The van der Waals surface area contributed by atoms with Crippen LogP contribution >= 0.6 is 12.6 Å². The lowest BCUT2D eigenvalue weighted by Gasteiger charge is -2.23. The summed E-state index contributed by atoms with van der Waals surface area (Å²) in [7, 11) is 0.663. The normalized spacial score (nSPS) is 11.7. The van der Waals surface area contributed by atoms with Gasteiger partial charge in [0.1, 0.15) is 0 Å². The van der Waals surface area contributed by atoms with Crippen molar-refractivity contribution in [2.75, 3.05) is 12.8 Å². The van der Waals surface area contributed by atoms with Gasteiger partial charge in [0.15, 0.2) is 0 Å². The van der Waals surface area contributed by atoms with Gasteiger partial charge in [0.25, 0.3) is 0 Å². The van der Waals surface area contributed by atoms with Crippen LogP contribution in [0, 0.1) is 0 Å². The number of rotatable bonds is 29. The van der Waals surface area contributed by atoms with Gasteiger partial charge in [-0.1, -0.05) is 201 Å². The van der Waals surface area contributed by atoms with Crippen molar-refractivity contribution >= 4 is 46.8 Å². The van der Waals surface area contributed by atoms with Gasteiger partial charge >= 0.3 is 7.12 Å². The molecule has 4 aromatic carbocycles. The van der Waals surface area contributed by atoms with Crippen LogP contribution in [-0.2, 0) is 19.5 Å². The van der Waals surface area contributed by atoms with Crippen molar-refractivity contribution in [2.24, 2.45) is 0 Å². The zero-order chi connectivity index (χ0) is 36.6. The van der Waals surface area contributed by atoms with E-state index in [0.717, 1.165) is 24.3 Å². The van der Waals surface area contributed by atoms with E-state index in [0.29, 0.717) is 12.0 Å². The second-order valence-electron chi connectivity index (χ2n) is 15.5. The number of aryl methyl sites for hydroxylation is 1. The zero-order valence-electron chi connectivity index (χ0n) is 32.7. The molecule has 0 atom stereocenters. The van der Waals surface area contributed by atoms with Crippen molar-refractivity contribution < 1.29 is 10.0 Å². The molecule has 0 aliphatic heterocycles. The van der Waals surface area contributed by atoms with Gasteiger partial charge in [-0.2, -0.15) is 12.6 Å². The van der Waals surface area contributed by atoms with E-state index in [9.17, 15) is 10.0 Å². The highest BCUT2D eigenvalue weighted by Gasteiger charge is 2.18. The average Bonchev–Trinajstić information content (AvgIpc) is 3.16. The van der Waals surface area contributed by atoms with E-state index in [2.05, 4.69) is 73.1 Å². The van der Waals surface area contributed by atoms with Gasteiger partial charge in [-0.25, -0.2) is 0 Å². The number of thiol groups is 1. The first-order valence-electron chi connectivity index (χ1n) is 21.2. The number of nitrogens with zero attached hydrogens (tertiary/aromatic N) is 1. The van der Waals surface area contributed by atoms with Crippen molar-refractivity contribution in [1.29, 1.82) is 0 Å². The summed E-state index contributed by atoms with van der Waals surface area (Å²) >= 11 is 4.30. The van der Waals surface area contributed by atoms with Gasteiger partial charge in [0, 0.05) is 13.1 Å². The number of hydrogen-bond donors (Lipinski definition) is 3. The third kappa shape index (κ3) is 14.8. The molecular weight excluding hydrogens is 653 g/mol. The van der Waals surface area contributed by atoms with E-state index >= 15 is 0 Å². The van der Waals surface area contributed by atoms with Crippen molar-refractivity contribution in [2.45, 2.75) is 161 Å². The molecule has 5 heteroatoms. The first-order valence-corrected chi connectivity index (χ1v) is 21.9. The van der Waals surface area contributed by atoms with E-state index in [-0.39, 0.29) is 0 Å². The summed E-state index contributed by atoms with van der Waals surface area (Å²) in [4.78, 5) is 2.29. The monoisotopic (exact) mass is 724 g/mol. The third-order valence-electron chi connectivity index (χ3n) is 11.2. The maximum atomic E-state index is 9.90. The smallest absolute Gasteiger partial charge is 0.423 e. The largest absolute Gasteiger partial charge is 0.488 e. The fraction of sp³-hybridized carbons (Fsp3) is 0.574. The minimum atomic E-state index is -1.46. The third-order valence-corrected chi connectivity index (χ3v) is 11.5. The van der Waals surface area contributed by atoms with Gasteiger partial charge in [-0.05, 0) is 75.8 Å². The van der Waals surface area contributed by atoms with Crippen LogP contribution in [0.3, 0.4) is 0 Å². The molecule has 0 radical (unpaired) electrons. The quantitative estimate of drug-likeness (QED) is 0.0226. The second kappa shape index (κ2) is 25.7. The number of unbranched alkanes of at least 4 members (excludes halogenated alkanes) is 21. The number of fused-ring (bicyclic) bond motifs is 2. The Morgan fingerprint density at radius 1 is 0.442 bits per heavy atom. The van der Waals surface area contributed by atoms with Crippen LogP contribution in [0.2, 0.25) is 0 Å². The summed E-state index contributed by atoms with van der Waals surface area (Å²) < 4.78 is 0. The first-order chi connectivity index (χ1) is 25.6. The lowest BCUT2D eigenvalue weighted by molar-refractivity contribution is 0.321. The predicted molar refractivity (Wildman–Crippen MR) is 232 cm³/mol. The fourth-order valence-corrected chi connectivity index (χ4v) is 8.47. The van der Waals surface area contributed by atoms with Crippen LogP contribution < -0.4 is 5.46 Å². The Hall–Kier alpha value is -2.31. The molecule has 4 rings (SSSR count). The van der Waals surface area contributed by atoms with Crippen LogP contribution in [0.25, 0.3) is 21.5 Å². The molecule has 0 spiro atoms. The summed E-state index contributed by atoms with van der Waals surface area (Å²) in [5, 5.41) is 25.2. The minimum Gasteiger partial charge on any atom is -0.423 e. The summed E-state index contributed by atoms with van der Waals surface area (Å²) in [6, 6.07) is 25.5. The Morgan fingerprint density at radius 2 is 0.788 bits per heavy atom. The summed E-state index contributed by atoms with van der Waals surface area (Å²) in [6.07, 6.45) is 32.0. The van der Waals surface area contributed by atoms with Gasteiger partial charge in [0.05, 0.1) is 0 Å². The maximum Gasteiger partial charge on any atom is 0.488 e. The molecule has 0 aliphatic carbocycles. The summed E-state index contributed by atoms with van der Waals surface area (Å²) in [5.74, 6) is 1.05. The molecular formula is C47H70BNO2S. The Kier molecular flexibility index (Phi) is 20.9. The Bertz CT molecular complexity index is 1480. The lowest BCUT2D eigenvalue weighted by Crippen LogP contribution is -2.35. The molecule has 0 amide bonds. The lowest BCUT2D eigenvalue weighted by atomic mass is 9.77. The molecule has 0 saturated heterocycles. The standard InChI is InChI=1S/C47H70BNO2S/c1-49(38-40-30-23-28-36-47(40)48(50)51)39-46-44-34-26-24-32-42(44)41(43-33-25-27-35-45(43)46)31-22-20-18-16-14-12-10-8-6-4-2-3-5-7-9-11-13-15-17-19-21-29-37-52/h23-28,30,32-36,50-52H,2-22,29,31,37-39H2,1H3. The summed E-state index contributed by atoms with van der Waals surface area (Å²) in [6.45, 7) is 1.44. The van der Waals surface area contributed by atoms with Gasteiger partial charge in [-0.15, -0.1) is 0 Å². The zero-order valence-corrected chi connectivity index (χ0v) is 33.6. The number of benzene rings is 4. The molecule has 0 aromatic heterocycles. The van der Waals surface area contributed by atoms with Crippen molar-refractivity contribution in [1.82, 2.24) is 4.90 Å².